The number of hydrogen-bond acceptors (Lipinski definition) is 6. The van der Waals surface area contributed by atoms with Gasteiger partial charge in [-0.25, -0.2) is 9.97 Å². The highest BCUT2D eigenvalue weighted by Gasteiger charge is 2.30. The van der Waals surface area contributed by atoms with E-state index in [1.165, 1.54) is 6.07 Å². The van der Waals surface area contributed by atoms with Crippen LogP contribution in [0.2, 0.25) is 0 Å². The molecule has 24 heavy (non-hydrogen) atoms. The molecule has 2 aromatic heterocycles. The number of alkyl halides is 3. The maximum absolute atomic E-state index is 12.5. The molecule has 2 aromatic rings. The summed E-state index contributed by atoms with van der Waals surface area (Å²) in [4.78, 5) is 10.2. The number of morpholine rings is 1. The van der Waals surface area contributed by atoms with Crippen LogP contribution in [0.5, 0.6) is 5.88 Å². The van der Waals surface area contributed by atoms with Gasteiger partial charge in [-0.05, 0) is 6.07 Å². The number of halogens is 3. The lowest BCUT2D eigenvalue weighted by atomic mass is 10.3. The van der Waals surface area contributed by atoms with Gasteiger partial charge in [0.05, 0.1) is 18.7 Å². The summed E-state index contributed by atoms with van der Waals surface area (Å²) < 4.78 is 48.5. The van der Waals surface area contributed by atoms with E-state index in [0.717, 1.165) is 30.4 Å². The second-order valence-electron chi connectivity index (χ2n) is 5.35. The minimum atomic E-state index is -4.39. The number of ether oxygens (including phenoxy) is 2. The van der Waals surface area contributed by atoms with Crippen LogP contribution in [-0.4, -0.2) is 47.3 Å². The van der Waals surface area contributed by atoms with Crippen LogP contribution in [-0.2, 0) is 17.5 Å². The molecule has 0 aliphatic carbocycles. The molecule has 0 spiro atoms. The molecule has 130 valence electrons. The standard InChI is InChI=1S/C15H16F3N3O2S/c16-15(17,18)11-1-2-13(20-7-11)23-10-12-8-21(4-5-22-12)9-14-19-3-6-24-14/h1-3,6-7,12H,4-5,8-10H2. The first-order valence-corrected chi connectivity index (χ1v) is 8.27. The number of nitrogens with zero attached hydrogens (tertiary/aromatic N) is 3. The fraction of sp³-hybridized carbons (Fsp3) is 0.467. The highest BCUT2D eigenvalue weighted by molar-refractivity contribution is 7.09. The molecule has 3 heterocycles. The van der Waals surface area contributed by atoms with E-state index in [2.05, 4.69) is 14.9 Å². The van der Waals surface area contributed by atoms with Gasteiger partial charge >= 0.3 is 6.18 Å². The second-order valence-corrected chi connectivity index (χ2v) is 6.33. The first-order valence-electron chi connectivity index (χ1n) is 7.39. The monoisotopic (exact) mass is 359 g/mol. The molecule has 1 fully saturated rings. The van der Waals surface area contributed by atoms with Crippen molar-refractivity contribution in [3.05, 3.63) is 40.5 Å². The van der Waals surface area contributed by atoms with Crippen molar-refractivity contribution in [3.8, 4) is 5.88 Å². The van der Waals surface area contributed by atoms with E-state index in [1.807, 2.05) is 5.38 Å². The van der Waals surface area contributed by atoms with E-state index < -0.39 is 11.7 Å². The predicted octanol–water partition coefficient (Wildman–Crippen LogP) is 2.84. The molecular formula is C15H16F3N3O2S. The van der Waals surface area contributed by atoms with Crippen LogP contribution in [0.25, 0.3) is 0 Å². The van der Waals surface area contributed by atoms with E-state index in [9.17, 15) is 13.2 Å². The smallest absolute Gasteiger partial charge is 0.417 e. The molecule has 1 aliphatic heterocycles. The van der Waals surface area contributed by atoms with Crippen molar-refractivity contribution >= 4 is 11.3 Å². The molecule has 0 bridgehead atoms. The van der Waals surface area contributed by atoms with Crippen molar-refractivity contribution in [2.75, 3.05) is 26.3 Å². The zero-order chi connectivity index (χ0) is 17.0. The third-order valence-corrected chi connectivity index (χ3v) is 4.31. The van der Waals surface area contributed by atoms with E-state index in [0.29, 0.717) is 13.2 Å². The molecule has 9 heteroatoms. The molecular weight excluding hydrogens is 343 g/mol. The highest BCUT2D eigenvalue weighted by atomic mass is 32.1. The van der Waals surface area contributed by atoms with E-state index in [1.54, 1.807) is 17.5 Å². The lowest BCUT2D eigenvalue weighted by Gasteiger charge is -2.32. The lowest BCUT2D eigenvalue weighted by Crippen LogP contribution is -2.44. The normalized spacial score (nSPS) is 19.4. The first kappa shape index (κ1) is 17.1. The molecule has 0 aromatic carbocycles. The average Bonchev–Trinajstić information content (AvgIpc) is 3.06. The minimum Gasteiger partial charge on any atom is -0.475 e. The predicted molar refractivity (Wildman–Crippen MR) is 81.9 cm³/mol. The Morgan fingerprint density at radius 2 is 2.21 bits per heavy atom. The molecule has 0 amide bonds. The summed E-state index contributed by atoms with van der Waals surface area (Å²) in [5, 5.41) is 2.98. The Hall–Kier alpha value is -1.71. The Morgan fingerprint density at radius 1 is 1.33 bits per heavy atom. The number of hydrogen-bond donors (Lipinski definition) is 0. The second kappa shape index (κ2) is 7.45. The maximum atomic E-state index is 12.5. The zero-order valence-corrected chi connectivity index (χ0v) is 13.5. The molecule has 1 unspecified atom stereocenters. The summed E-state index contributed by atoms with van der Waals surface area (Å²) in [5.74, 6) is 0.156. The van der Waals surface area contributed by atoms with Crippen LogP contribution < -0.4 is 4.74 Å². The summed E-state index contributed by atoms with van der Waals surface area (Å²) in [5.41, 5.74) is -0.793. The molecule has 1 saturated heterocycles. The van der Waals surface area contributed by atoms with Crippen LogP contribution in [0.3, 0.4) is 0 Å². The summed E-state index contributed by atoms with van der Waals surface area (Å²) in [6, 6.07) is 2.18. The molecule has 5 nitrogen and oxygen atoms in total. The Bertz CT molecular complexity index is 634. The Morgan fingerprint density at radius 3 is 2.88 bits per heavy atom. The number of thiazole rings is 1. The maximum Gasteiger partial charge on any atom is 0.417 e. The Kier molecular flexibility index (Phi) is 5.32. The molecule has 0 radical (unpaired) electrons. The minimum absolute atomic E-state index is 0.150. The van der Waals surface area contributed by atoms with Crippen molar-refractivity contribution in [1.29, 1.82) is 0 Å². The first-order chi connectivity index (χ1) is 11.5. The highest BCUT2D eigenvalue weighted by Crippen LogP contribution is 2.29. The number of rotatable bonds is 5. The van der Waals surface area contributed by atoms with Gasteiger partial charge < -0.3 is 9.47 Å². The van der Waals surface area contributed by atoms with Gasteiger partial charge in [0.2, 0.25) is 5.88 Å². The summed E-state index contributed by atoms with van der Waals surface area (Å²) in [6.07, 6.45) is -2.00. The SMILES string of the molecule is FC(F)(F)c1ccc(OCC2CN(Cc3nccs3)CCO2)nc1. The third-order valence-electron chi connectivity index (χ3n) is 3.55. The molecule has 0 N–H and O–H groups in total. The van der Waals surface area contributed by atoms with Gasteiger partial charge in [-0.2, -0.15) is 13.2 Å². The van der Waals surface area contributed by atoms with Gasteiger partial charge in [0, 0.05) is 36.9 Å². The fourth-order valence-corrected chi connectivity index (χ4v) is 3.02. The molecule has 0 saturated carbocycles. The van der Waals surface area contributed by atoms with Crippen molar-refractivity contribution in [3.63, 3.8) is 0 Å². The van der Waals surface area contributed by atoms with E-state index in [-0.39, 0.29) is 18.6 Å². The van der Waals surface area contributed by atoms with E-state index >= 15 is 0 Å². The van der Waals surface area contributed by atoms with Crippen LogP contribution in [0.15, 0.2) is 29.9 Å². The van der Waals surface area contributed by atoms with Crippen molar-refractivity contribution in [2.24, 2.45) is 0 Å². The summed E-state index contributed by atoms with van der Waals surface area (Å²) in [7, 11) is 0. The van der Waals surface area contributed by atoms with Gasteiger partial charge in [-0.3, -0.25) is 4.90 Å². The van der Waals surface area contributed by atoms with Gasteiger partial charge in [-0.1, -0.05) is 0 Å². The topological polar surface area (TPSA) is 47.5 Å². The van der Waals surface area contributed by atoms with Gasteiger partial charge in [0.15, 0.2) is 0 Å². The zero-order valence-electron chi connectivity index (χ0n) is 12.7. The summed E-state index contributed by atoms with van der Waals surface area (Å²) in [6.45, 7) is 3.08. The fourth-order valence-electron chi connectivity index (χ4n) is 2.36. The van der Waals surface area contributed by atoms with Crippen LogP contribution in [0, 0.1) is 0 Å². The molecule has 3 rings (SSSR count). The van der Waals surface area contributed by atoms with Gasteiger partial charge in [0.1, 0.15) is 17.7 Å². The third kappa shape index (κ3) is 4.65. The Labute approximate surface area is 141 Å². The van der Waals surface area contributed by atoms with Crippen LogP contribution in [0.4, 0.5) is 13.2 Å². The molecule has 1 aliphatic rings. The average molecular weight is 359 g/mol. The quantitative estimate of drug-likeness (QED) is 0.822. The molecule has 1 atom stereocenters. The number of aromatic nitrogens is 2. The van der Waals surface area contributed by atoms with E-state index in [4.69, 9.17) is 9.47 Å². The van der Waals surface area contributed by atoms with Gasteiger partial charge in [-0.15, -0.1) is 11.3 Å². The lowest BCUT2D eigenvalue weighted by molar-refractivity contribution is -0.137. The number of pyridine rings is 1. The van der Waals surface area contributed by atoms with Gasteiger partial charge in [0.25, 0.3) is 0 Å². The largest absolute Gasteiger partial charge is 0.475 e. The Balaban J connectivity index is 1.49. The van der Waals surface area contributed by atoms with Crippen molar-refractivity contribution in [2.45, 2.75) is 18.8 Å². The van der Waals surface area contributed by atoms with Crippen LogP contribution in [0.1, 0.15) is 10.6 Å². The van der Waals surface area contributed by atoms with Crippen molar-refractivity contribution in [1.82, 2.24) is 14.9 Å². The van der Waals surface area contributed by atoms with Crippen LogP contribution >= 0.6 is 11.3 Å². The summed E-state index contributed by atoms with van der Waals surface area (Å²) >= 11 is 1.60. The van der Waals surface area contributed by atoms with Crippen molar-refractivity contribution < 1.29 is 22.6 Å².